The van der Waals surface area contributed by atoms with E-state index >= 15 is 0 Å². The van der Waals surface area contributed by atoms with Gasteiger partial charge in [0.15, 0.2) is 14.9 Å². The molecule has 3 nitrogen and oxygen atoms in total. The van der Waals surface area contributed by atoms with Crippen LogP contribution >= 0.6 is 11.6 Å². The molecule has 1 aromatic rings. The minimum atomic E-state index is -4.65. The molecule has 0 atom stereocenters. The summed E-state index contributed by atoms with van der Waals surface area (Å²) < 4.78 is 60.2. The molecule has 0 radical (unpaired) electrons. The SMILES string of the molecule is O=S(=O)(CCCCl)c1cccc(C(F)(F)F)n1. The lowest BCUT2D eigenvalue weighted by atomic mass is 10.3. The van der Waals surface area contributed by atoms with Gasteiger partial charge in [-0.3, -0.25) is 0 Å². The van der Waals surface area contributed by atoms with Crippen LogP contribution in [0.5, 0.6) is 0 Å². The number of hydrogen-bond acceptors (Lipinski definition) is 3. The second-order valence-corrected chi connectivity index (χ2v) is 5.65. The van der Waals surface area contributed by atoms with Crippen LogP contribution in [-0.4, -0.2) is 25.0 Å². The van der Waals surface area contributed by atoms with E-state index in [1.165, 1.54) is 0 Å². The lowest BCUT2D eigenvalue weighted by Crippen LogP contribution is -2.14. The Kier molecular flexibility index (Phi) is 4.37. The van der Waals surface area contributed by atoms with Gasteiger partial charge in [0.25, 0.3) is 0 Å². The van der Waals surface area contributed by atoms with Crippen LogP contribution in [0, 0.1) is 0 Å². The molecule has 0 fully saturated rings. The zero-order chi connectivity index (χ0) is 13.1. The Bertz CT molecular complexity index is 487. The van der Waals surface area contributed by atoms with Crippen molar-refractivity contribution in [2.45, 2.75) is 17.6 Å². The van der Waals surface area contributed by atoms with Gasteiger partial charge in [-0.25, -0.2) is 13.4 Å². The highest BCUT2D eigenvalue weighted by Gasteiger charge is 2.33. The average molecular weight is 288 g/mol. The summed E-state index contributed by atoms with van der Waals surface area (Å²) in [5.74, 6) is -0.191. The smallest absolute Gasteiger partial charge is 0.232 e. The number of aromatic nitrogens is 1. The normalized spacial score (nSPS) is 12.7. The van der Waals surface area contributed by atoms with Gasteiger partial charge in [-0.05, 0) is 18.6 Å². The molecule has 0 aliphatic heterocycles. The van der Waals surface area contributed by atoms with Crippen molar-refractivity contribution >= 4 is 21.4 Å². The highest BCUT2D eigenvalue weighted by atomic mass is 35.5. The molecule has 0 bridgehead atoms. The van der Waals surface area contributed by atoms with Crippen molar-refractivity contribution in [2.24, 2.45) is 0 Å². The number of pyridine rings is 1. The minimum Gasteiger partial charge on any atom is -0.232 e. The molecule has 1 heterocycles. The zero-order valence-corrected chi connectivity index (χ0v) is 10.1. The second kappa shape index (κ2) is 5.22. The molecule has 0 N–H and O–H groups in total. The maximum Gasteiger partial charge on any atom is 0.433 e. The van der Waals surface area contributed by atoms with E-state index in [1.54, 1.807) is 0 Å². The first-order valence-electron chi connectivity index (χ1n) is 4.60. The molecule has 1 rings (SSSR count). The summed E-state index contributed by atoms with van der Waals surface area (Å²) >= 11 is 5.33. The summed E-state index contributed by atoms with van der Waals surface area (Å²) in [4.78, 5) is 3.11. The molecule has 0 aromatic carbocycles. The van der Waals surface area contributed by atoms with Crippen LogP contribution in [0.3, 0.4) is 0 Å². The molecule has 0 spiro atoms. The van der Waals surface area contributed by atoms with E-state index < -0.39 is 26.7 Å². The van der Waals surface area contributed by atoms with Crippen molar-refractivity contribution < 1.29 is 21.6 Å². The van der Waals surface area contributed by atoms with Crippen molar-refractivity contribution in [3.8, 4) is 0 Å². The second-order valence-electron chi connectivity index (χ2n) is 3.22. The number of rotatable bonds is 4. The van der Waals surface area contributed by atoms with E-state index in [2.05, 4.69) is 4.98 Å². The van der Waals surface area contributed by atoms with E-state index in [-0.39, 0.29) is 18.1 Å². The monoisotopic (exact) mass is 287 g/mol. The minimum absolute atomic E-state index is 0.123. The Morgan fingerprint density at radius 3 is 2.47 bits per heavy atom. The van der Waals surface area contributed by atoms with Crippen LogP contribution in [0.2, 0.25) is 0 Å². The number of nitrogens with zero attached hydrogens (tertiary/aromatic N) is 1. The molecule has 0 saturated carbocycles. The summed E-state index contributed by atoms with van der Waals surface area (Å²) in [7, 11) is -3.80. The number of halogens is 4. The van der Waals surface area contributed by atoms with Crippen molar-refractivity contribution in [3.05, 3.63) is 23.9 Å². The van der Waals surface area contributed by atoms with E-state index in [0.29, 0.717) is 0 Å². The Labute approximate surface area is 102 Å². The fourth-order valence-electron chi connectivity index (χ4n) is 1.10. The number of alkyl halides is 4. The highest BCUT2D eigenvalue weighted by molar-refractivity contribution is 7.91. The molecule has 8 heteroatoms. The predicted molar refractivity (Wildman–Crippen MR) is 56.6 cm³/mol. The fraction of sp³-hybridized carbons (Fsp3) is 0.444. The van der Waals surface area contributed by atoms with Gasteiger partial charge < -0.3 is 0 Å². The lowest BCUT2D eigenvalue weighted by Gasteiger charge is -2.07. The number of sulfone groups is 1. The first kappa shape index (κ1) is 14.2. The van der Waals surface area contributed by atoms with Crippen LogP contribution < -0.4 is 0 Å². The Balaban J connectivity index is 3.08. The van der Waals surface area contributed by atoms with Gasteiger partial charge in [-0.1, -0.05) is 6.07 Å². The van der Waals surface area contributed by atoms with Crippen molar-refractivity contribution in [2.75, 3.05) is 11.6 Å². The van der Waals surface area contributed by atoms with Gasteiger partial charge in [-0.2, -0.15) is 13.2 Å². The molecule has 0 unspecified atom stereocenters. The van der Waals surface area contributed by atoms with E-state index in [4.69, 9.17) is 11.6 Å². The van der Waals surface area contributed by atoms with E-state index in [0.717, 1.165) is 18.2 Å². The van der Waals surface area contributed by atoms with Crippen molar-refractivity contribution in [3.63, 3.8) is 0 Å². The summed E-state index contributed by atoms with van der Waals surface area (Å²) in [6, 6.07) is 2.78. The summed E-state index contributed by atoms with van der Waals surface area (Å²) in [5, 5.41) is -0.572. The summed E-state index contributed by atoms with van der Waals surface area (Å²) in [6.45, 7) is 0. The highest BCUT2D eigenvalue weighted by Crippen LogP contribution is 2.28. The fourth-order valence-corrected chi connectivity index (χ4v) is 2.64. The van der Waals surface area contributed by atoms with Gasteiger partial charge in [0.05, 0.1) is 5.75 Å². The molecular weight excluding hydrogens is 279 g/mol. The third kappa shape index (κ3) is 3.85. The Morgan fingerprint density at radius 2 is 1.94 bits per heavy atom. The topological polar surface area (TPSA) is 47.0 Å². The lowest BCUT2D eigenvalue weighted by molar-refractivity contribution is -0.141. The summed E-state index contributed by atoms with van der Waals surface area (Å²) in [5.41, 5.74) is -1.22. The van der Waals surface area contributed by atoms with Gasteiger partial charge in [0, 0.05) is 5.88 Å². The zero-order valence-electron chi connectivity index (χ0n) is 8.54. The van der Waals surface area contributed by atoms with E-state index in [1.807, 2.05) is 0 Å². The quantitative estimate of drug-likeness (QED) is 0.800. The molecule has 1 aromatic heterocycles. The van der Waals surface area contributed by atoms with Crippen molar-refractivity contribution in [1.82, 2.24) is 4.98 Å². The molecule has 0 saturated heterocycles. The third-order valence-corrected chi connectivity index (χ3v) is 3.84. The molecule has 0 aliphatic rings. The molecule has 0 amide bonds. The predicted octanol–water partition coefficient (Wildman–Crippen LogP) is 2.50. The van der Waals surface area contributed by atoms with E-state index in [9.17, 15) is 21.6 Å². The average Bonchev–Trinajstić information content (AvgIpc) is 2.25. The van der Waals surface area contributed by atoms with Gasteiger partial charge in [0.1, 0.15) is 5.69 Å². The third-order valence-electron chi connectivity index (χ3n) is 1.88. The molecule has 17 heavy (non-hydrogen) atoms. The van der Waals surface area contributed by atoms with Crippen LogP contribution in [0.25, 0.3) is 0 Å². The van der Waals surface area contributed by atoms with Crippen LogP contribution in [0.15, 0.2) is 23.2 Å². The van der Waals surface area contributed by atoms with Crippen LogP contribution in [0.4, 0.5) is 13.2 Å². The van der Waals surface area contributed by atoms with Gasteiger partial charge in [0.2, 0.25) is 0 Å². The first-order valence-corrected chi connectivity index (χ1v) is 6.79. The van der Waals surface area contributed by atoms with Crippen LogP contribution in [0.1, 0.15) is 12.1 Å². The van der Waals surface area contributed by atoms with Gasteiger partial charge >= 0.3 is 6.18 Å². The Morgan fingerprint density at radius 1 is 1.29 bits per heavy atom. The molecular formula is C9H9ClF3NO2S. The standard InChI is InChI=1S/C9H9ClF3NO2S/c10-5-2-6-17(15,16)8-4-1-3-7(14-8)9(11,12)13/h1,3-4H,2,5-6H2. The largest absolute Gasteiger partial charge is 0.433 e. The Hall–Kier alpha value is -0.820. The number of hydrogen-bond donors (Lipinski definition) is 0. The summed E-state index contributed by atoms with van der Waals surface area (Å²) in [6.07, 6.45) is -4.49. The van der Waals surface area contributed by atoms with Gasteiger partial charge in [-0.15, -0.1) is 11.6 Å². The maximum atomic E-state index is 12.3. The van der Waals surface area contributed by atoms with Crippen LogP contribution in [-0.2, 0) is 16.0 Å². The molecule has 96 valence electrons. The first-order chi connectivity index (χ1) is 7.77. The molecule has 0 aliphatic carbocycles. The maximum absolute atomic E-state index is 12.3. The van der Waals surface area contributed by atoms with Crippen molar-refractivity contribution in [1.29, 1.82) is 0 Å².